The highest BCUT2D eigenvalue weighted by Crippen LogP contribution is 2.63. The van der Waals surface area contributed by atoms with Crippen molar-refractivity contribution in [2.75, 3.05) is 0 Å². The Morgan fingerprint density at radius 1 is 1.27 bits per heavy atom. The van der Waals surface area contributed by atoms with E-state index in [2.05, 4.69) is 0 Å². The largest absolute Gasteiger partial charge is 0.218 e. The molecule has 0 fully saturated rings. The standard InChI is InChI=1S/C8H17F2P/c1-6-7(2)11(9,10)8(3,4)5/h6H2,1-5H3. The molecule has 0 spiro atoms. The minimum Gasteiger partial charge on any atom is -0.193 e. The van der Waals surface area contributed by atoms with E-state index in [0.29, 0.717) is 11.7 Å². The molecule has 0 saturated carbocycles. The van der Waals surface area contributed by atoms with Gasteiger partial charge in [0.1, 0.15) is 0 Å². The van der Waals surface area contributed by atoms with Crippen molar-refractivity contribution in [3.63, 3.8) is 0 Å². The molecule has 3 heteroatoms. The van der Waals surface area contributed by atoms with Crippen LogP contribution in [0.2, 0.25) is 0 Å². The first-order valence-corrected chi connectivity index (χ1v) is 5.42. The van der Waals surface area contributed by atoms with E-state index in [1.807, 2.05) is 0 Å². The van der Waals surface area contributed by atoms with Crippen LogP contribution in [-0.4, -0.2) is 10.4 Å². The Morgan fingerprint density at radius 2 is 1.64 bits per heavy atom. The molecule has 11 heavy (non-hydrogen) atoms. The molecular weight excluding hydrogens is 165 g/mol. The quantitative estimate of drug-likeness (QED) is 0.534. The molecule has 0 amide bonds. The van der Waals surface area contributed by atoms with Gasteiger partial charge in [-0.25, -0.2) is 0 Å². The van der Waals surface area contributed by atoms with Crippen LogP contribution in [0.1, 0.15) is 41.0 Å². The maximum Gasteiger partial charge on any atom is 0.218 e. The van der Waals surface area contributed by atoms with Gasteiger partial charge < -0.3 is 0 Å². The van der Waals surface area contributed by atoms with Crippen LogP contribution in [-0.2, 0) is 0 Å². The summed E-state index contributed by atoms with van der Waals surface area (Å²) in [5.41, 5.74) is 0. The fourth-order valence-electron chi connectivity index (χ4n) is 0.771. The molecule has 0 aliphatic heterocycles. The zero-order chi connectivity index (χ0) is 9.28. The van der Waals surface area contributed by atoms with Crippen LogP contribution in [0, 0.1) is 0 Å². The summed E-state index contributed by atoms with van der Waals surface area (Å²) < 4.78 is 26.8. The van der Waals surface area contributed by atoms with Gasteiger partial charge in [0.05, 0.1) is 0 Å². The van der Waals surface area contributed by atoms with Crippen LogP contribution in [0.3, 0.4) is 0 Å². The van der Waals surface area contributed by atoms with Crippen molar-refractivity contribution in [1.29, 1.82) is 0 Å². The number of rotatable bonds is 1. The first-order chi connectivity index (χ1) is 4.73. The SMILES string of the molecule is CCC(C)=P(F)(F)C(C)(C)C. The summed E-state index contributed by atoms with van der Waals surface area (Å²) >= 11 is 0. The second kappa shape index (κ2) is 3.26. The molecule has 0 unspecified atom stereocenters. The van der Waals surface area contributed by atoms with Crippen LogP contribution >= 0.6 is 7.51 Å². The molecule has 0 heterocycles. The molecule has 0 bridgehead atoms. The monoisotopic (exact) mass is 182 g/mol. The van der Waals surface area contributed by atoms with E-state index >= 15 is 0 Å². The highest BCUT2D eigenvalue weighted by atomic mass is 31.2. The van der Waals surface area contributed by atoms with Crippen molar-refractivity contribution < 1.29 is 8.39 Å². The molecule has 0 aliphatic rings. The van der Waals surface area contributed by atoms with Crippen LogP contribution in [0.4, 0.5) is 8.39 Å². The van der Waals surface area contributed by atoms with Gasteiger partial charge >= 0.3 is 0 Å². The zero-order valence-corrected chi connectivity index (χ0v) is 8.80. The van der Waals surface area contributed by atoms with E-state index in [1.54, 1.807) is 34.6 Å². The lowest BCUT2D eigenvalue weighted by Gasteiger charge is -2.25. The smallest absolute Gasteiger partial charge is 0.193 e. The summed E-state index contributed by atoms with van der Waals surface area (Å²) in [6.45, 7) is 8.19. The molecule has 0 aromatic heterocycles. The lowest BCUT2D eigenvalue weighted by atomic mass is 10.3. The summed E-state index contributed by atoms with van der Waals surface area (Å²) in [4.78, 5) is 0. The van der Waals surface area contributed by atoms with E-state index in [9.17, 15) is 8.39 Å². The van der Waals surface area contributed by atoms with Gasteiger partial charge in [-0.1, -0.05) is 27.7 Å². The van der Waals surface area contributed by atoms with Gasteiger partial charge in [0, 0.05) is 5.16 Å². The maximum absolute atomic E-state index is 13.4. The Morgan fingerprint density at radius 3 is 1.73 bits per heavy atom. The number of hydrogen-bond donors (Lipinski definition) is 0. The molecule has 0 nitrogen and oxygen atoms in total. The number of halogens is 2. The highest BCUT2D eigenvalue weighted by molar-refractivity contribution is 7.68. The van der Waals surface area contributed by atoms with E-state index in [1.165, 1.54) is 0 Å². The Balaban J connectivity index is 5.02. The summed E-state index contributed by atoms with van der Waals surface area (Å²) in [6.07, 6.45) is 0.498. The predicted molar refractivity (Wildman–Crippen MR) is 49.9 cm³/mol. The Bertz CT molecular complexity index is 183. The Labute approximate surface area is 68.2 Å². The highest BCUT2D eigenvalue weighted by Gasteiger charge is 2.34. The van der Waals surface area contributed by atoms with Gasteiger partial charge in [-0.3, -0.25) is 0 Å². The maximum atomic E-state index is 13.4. The van der Waals surface area contributed by atoms with Gasteiger partial charge in [0.2, 0.25) is 7.51 Å². The van der Waals surface area contributed by atoms with Crippen molar-refractivity contribution in [3.05, 3.63) is 0 Å². The van der Waals surface area contributed by atoms with Gasteiger partial charge in [0.15, 0.2) is 0 Å². The third kappa shape index (κ3) is 2.30. The minimum atomic E-state index is -3.80. The lowest BCUT2D eigenvalue weighted by Crippen LogP contribution is -2.13. The molecule has 0 aromatic rings. The van der Waals surface area contributed by atoms with Crippen LogP contribution in [0.25, 0.3) is 0 Å². The van der Waals surface area contributed by atoms with E-state index < -0.39 is 12.7 Å². The average molecular weight is 182 g/mol. The first kappa shape index (κ1) is 11.2. The minimum absolute atomic E-state index is 0.380. The second-order valence-electron chi connectivity index (χ2n) is 3.77. The molecule has 0 rings (SSSR count). The van der Waals surface area contributed by atoms with Crippen LogP contribution in [0.5, 0.6) is 0 Å². The first-order valence-electron chi connectivity index (χ1n) is 3.85. The third-order valence-electron chi connectivity index (χ3n) is 1.83. The molecule has 0 saturated heterocycles. The van der Waals surface area contributed by atoms with Crippen molar-refractivity contribution in [3.8, 4) is 0 Å². The molecule has 0 aliphatic carbocycles. The van der Waals surface area contributed by atoms with Crippen molar-refractivity contribution in [2.45, 2.75) is 46.2 Å². The van der Waals surface area contributed by atoms with Gasteiger partial charge in [0.25, 0.3) is 0 Å². The molecule has 0 atom stereocenters. The summed E-state index contributed by atoms with van der Waals surface area (Å²) in [5, 5.41) is -0.461. The van der Waals surface area contributed by atoms with Gasteiger partial charge in [-0.05, 0) is 18.6 Å². The third-order valence-corrected chi connectivity index (χ3v) is 4.79. The molecule has 0 aromatic carbocycles. The topological polar surface area (TPSA) is 0 Å². The fraction of sp³-hybridized carbons (Fsp3) is 0.875. The van der Waals surface area contributed by atoms with Gasteiger partial charge in [-0.2, -0.15) is 8.39 Å². The van der Waals surface area contributed by atoms with Gasteiger partial charge in [-0.15, -0.1) is 0 Å². The fourth-order valence-corrected chi connectivity index (χ4v) is 2.31. The van der Waals surface area contributed by atoms with Crippen LogP contribution < -0.4 is 0 Å². The Kier molecular flexibility index (Phi) is 3.31. The van der Waals surface area contributed by atoms with Crippen molar-refractivity contribution >= 4 is 12.8 Å². The summed E-state index contributed by atoms with van der Waals surface area (Å²) in [5.74, 6) is 0. The molecule has 68 valence electrons. The lowest BCUT2D eigenvalue weighted by molar-refractivity contribution is 0.627. The molecule has 0 N–H and O–H groups in total. The van der Waals surface area contributed by atoms with Crippen LogP contribution in [0.15, 0.2) is 0 Å². The predicted octanol–water partition coefficient (Wildman–Crippen LogP) is 4.17. The molecular formula is C8H17F2P. The van der Waals surface area contributed by atoms with E-state index in [4.69, 9.17) is 0 Å². The van der Waals surface area contributed by atoms with E-state index in [0.717, 1.165) is 0 Å². The summed E-state index contributed by atoms with van der Waals surface area (Å²) in [6, 6.07) is 0. The second-order valence-corrected chi connectivity index (χ2v) is 6.91. The normalized spacial score (nSPS) is 13.4. The van der Waals surface area contributed by atoms with Crippen molar-refractivity contribution in [1.82, 2.24) is 0 Å². The molecule has 0 radical (unpaired) electrons. The summed E-state index contributed by atoms with van der Waals surface area (Å²) in [7, 11) is -3.80. The average Bonchev–Trinajstić information content (AvgIpc) is 1.83. The zero-order valence-electron chi connectivity index (χ0n) is 7.91. The van der Waals surface area contributed by atoms with E-state index in [-0.39, 0.29) is 0 Å². The van der Waals surface area contributed by atoms with Crippen molar-refractivity contribution in [2.24, 2.45) is 0 Å². The number of hydrogen-bond acceptors (Lipinski definition) is 0. The Hall–Kier alpha value is 0.160.